The third-order valence-electron chi connectivity index (χ3n) is 2.71. The Balaban J connectivity index is 2.35. The molecule has 3 N–H and O–H groups in total. The second kappa shape index (κ2) is 6.56. The third kappa shape index (κ3) is 3.19. The monoisotopic (exact) mass is 288 g/mol. The second-order valence-corrected chi connectivity index (χ2v) is 4.04. The molecule has 0 radical (unpaired) electrons. The minimum absolute atomic E-state index is 0.277. The van der Waals surface area contributed by atoms with Crippen molar-refractivity contribution in [2.75, 3.05) is 24.8 Å². The fourth-order valence-corrected chi connectivity index (χ4v) is 1.74. The van der Waals surface area contributed by atoms with Crippen molar-refractivity contribution >= 4 is 23.2 Å². The first-order valence-electron chi connectivity index (χ1n) is 6.35. The number of hydrogen-bond donors (Lipinski definition) is 2. The summed E-state index contributed by atoms with van der Waals surface area (Å²) >= 11 is 0. The van der Waals surface area contributed by atoms with E-state index in [-0.39, 0.29) is 5.69 Å². The molecule has 7 heteroatoms. The number of nitrogens with zero attached hydrogens (tertiary/aromatic N) is 2. The molecule has 0 aliphatic heterocycles. The van der Waals surface area contributed by atoms with Gasteiger partial charge in [-0.1, -0.05) is 12.1 Å². The van der Waals surface area contributed by atoms with Gasteiger partial charge in [-0.3, -0.25) is 0 Å². The van der Waals surface area contributed by atoms with Crippen molar-refractivity contribution in [2.45, 2.75) is 6.92 Å². The molecule has 110 valence electrons. The molecular formula is C14H16N4O3. The molecule has 1 heterocycles. The molecule has 2 rings (SSSR count). The highest BCUT2D eigenvalue weighted by atomic mass is 16.5. The van der Waals surface area contributed by atoms with Crippen LogP contribution in [0.15, 0.2) is 30.6 Å². The lowest BCUT2D eigenvalue weighted by Gasteiger charge is -2.13. The van der Waals surface area contributed by atoms with Gasteiger partial charge in [0.15, 0.2) is 5.82 Å². The van der Waals surface area contributed by atoms with Crippen LogP contribution in [0.3, 0.4) is 0 Å². The number of nitrogens with two attached hydrogens (primary N) is 1. The standard InChI is InChI=1S/C14H16N4O3/c1-3-21-13-11(15)12(16-8-17-13)18-10-7-5-4-6-9(10)14(19)20-2/h4-8H,3,15H2,1-2H3,(H,16,17,18). The van der Waals surface area contributed by atoms with Crippen molar-refractivity contribution in [1.29, 1.82) is 0 Å². The summed E-state index contributed by atoms with van der Waals surface area (Å²) in [6.07, 6.45) is 1.34. The third-order valence-corrected chi connectivity index (χ3v) is 2.71. The maximum atomic E-state index is 11.7. The predicted molar refractivity (Wildman–Crippen MR) is 78.7 cm³/mol. The minimum Gasteiger partial charge on any atom is -0.476 e. The van der Waals surface area contributed by atoms with Crippen LogP contribution in [0.1, 0.15) is 17.3 Å². The summed E-state index contributed by atoms with van der Waals surface area (Å²) in [4.78, 5) is 19.7. The van der Waals surface area contributed by atoms with Gasteiger partial charge in [0, 0.05) is 0 Å². The van der Waals surface area contributed by atoms with Gasteiger partial charge in [-0.15, -0.1) is 0 Å². The SMILES string of the molecule is CCOc1ncnc(Nc2ccccc2C(=O)OC)c1N. The Hall–Kier alpha value is -2.83. The highest BCUT2D eigenvalue weighted by Gasteiger charge is 2.14. The van der Waals surface area contributed by atoms with E-state index in [4.69, 9.17) is 15.2 Å². The summed E-state index contributed by atoms with van der Waals surface area (Å²) in [6.45, 7) is 2.28. The Morgan fingerprint density at radius 1 is 1.33 bits per heavy atom. The zero-order valence-corrected chi connectivity index (χ0v) is 11.8. The van der Waals surface area contributed by atoms with E-state index in [1.807, 2.05) is 6.92 Å². The molecule has 0 spiro atoms. The van der Waals surface area contributed by atoms with Gasteiger partial charge in [-0.25, -0.2) is 9.78 Å². The first-order valence-corrected chi connectivity index (χ1v) is 6.35. The Morgan fingerprint density at radius 2 is 2.10 bits per heavy atom. The van der Waals surface area contributed by atoms with Gasteiger partial charge in [0.2, 0.25) is 5.88 Å². The number of aromatic nitrogens is 2. The number of rotatable bonds is 5. The first kappa shape index (κ1) is 14.6. The number of nitrogen functional groups attached to an aromatic ring is 1. The number of benzene rings is 1. The van der Waals surface area contributed by atoms with E-state index >= 15 is 0 Å². The molecule has 2 aromatic rings. The Morgan fingerprint density at radius 3 is 2.81 bits per heavy atom. The number of ether oxygens (including phenoxy) is 2. The smallest absolute Gasteiger partial charge is 0.339 e. The fraction of sp³-hybridized carbons (Fsp3) is 0.214. The molecule has 0 unspecified atom stereocenters. The summed E-state index contributed by atoms with van der Waals surface area (Å²) in [5.41, 5.74) is 7.15. The normalized spacial score (nSPS) is 10.0. The van der Waals surface area contributed by atoms with Crippen LogP contribution in [-0.4, -0.2) is 29.7 Å². The zero-order valence-electron chi connectivity index (χ0n) is 11.8. The van der Waals surface area contributed by atoms with E-state index in [0.29, 0.717) is 29.6 Å². The summed E-state index contributed by atoms with van der Waals surface area (Å²) in [7, 11) is 1.32. The fourth-order valence-electron chi connectivity index (χ4n) is 1.74. The number of carbonyl (C=O) groups excluding carboxylic acids is 1. The maximum absolute atomic E-state index is 11.7. The van der Waals surface area contributed by atoms with Crippen LogP contribution in [0.25, 0.3) is 0 Å². The molecule has 7 nitrogen and oxygen atoms in total. The van der Waals surface area contributed by atoms with E-state index in [2.05, 4.69) is 15.3 Å². The zero-order chi connectivity index (χ0) is 15.2. The average molecular weight is 288 g/mol. The molecule has 0 atom stereocenters. The number of esters is 1. The number of hydrogen-bond acceptors (Lipinski definition) is 7. The number of nitrogens with one attached hydrogen (secondary N) is 1. The van der Waals surface area contributed by atoms with E-state index in [9.17, 15) is 4.79 Å². The van der Waals surface area contributed by atoms with Crippen LogP contribution in [0.4, 0.5) is 17.2 Å². The molecule has 21 heavy (non-hydrogen) atoms. The Labute approximate surface area is 122 Å². The van der Waals surface area contributed by atoms with Gasteiger partial charge in [-0.05, 0) is 19.1 Å². The van der Waals surface area contributed by atoms with E-state index < -0.39 is 5.97 Å². The number of methoxy groups -OCH3 is 1. The van der Waals surface area contributed by atoms with Crippen LogP contribution in [0.5, 0.6) is 5.88 Å². The Kier molecular flexibility index (Phi) is 4.55. The first-order chi connectivity index (χ1) is 10.2. The summed E-state index contributed by atoms with van der Waals surface area (Å²) in [5, 5.41) is 3.00. The molecule has 0 amide bonds. The van der Waals surface area contributed by atoms with E-state index in [1.54, 1.807) is 24.3 Å². The largest absolute Gasteiger partial charge is 0.476 e. The lowest BCUT2D eigenvalue weighted by atomic mass is 10.2. The topological polar surface area (TPSA) is 99.4 Å². The van der Waals surface area contributed by atoms with Gasteiger partial charge >= 0.3 is 5.97 Å². The molecule has 0 aliphatic carbocycles. The maximum Gasteiger partial charge on any atom is 0.339 e. The molecule has 0 aliphatic rings. The molecule has 0 fully saturated rings. The van der Waals surface area contributed by atoms with E-state index in [1.165, 1.54) is 13.4 Å². The summed E-state index contributed by atoms with van der Waals surface area (Å²) in [5.74, 6) is 0.214. The second-order valence-electron chi connectivity index (χ2n) is 4.04. The minimum atomic E-state index is -0.448. The van der Waals surface area contributed by atoms with Crippen LogP contribution in [-0.2, 0) is 4.74 Å². The molecule has 1 aromatic carbocycles. The lowest BCUT2D eigenvalue weighted by molar-refractivity contribution is 0.0602. The molecular weight excluding hydrogens is 272 g/mol. The Bertz CT molecular complexity index is 646. The molecule has 0 saturated carbocycles. The molecule has 0 bridgehead atoms. The summed E-state index contributed by atoms with van der Waals surface area (Å²) in [6, 6.07) is 6.91. The van der Waals surface area contributed by atoms with E-state index in [0.717, 1.165) is 0 Å². The van der Waals surface area contributed by atoms with Gasteiger partial charge < -0.3 is 20.5 Å². The van der Waals surface area contributed by atoms with Crippen molar-refractivity contribution in [3.8, 4) is 5.88 Å². The van der Waals surface area contributed by atoms with Crippen LogP contribution in [0, 0.1) is 0 Å². The quantitative estimate of drug-likeness (QED) is 0.811. The van der Waals surface area contributed by atoms with Gasteiger partial charge in [-0.2, -0.15) is 4.98 Å². The van der Waals surface area contributed by atoms with Crippen molar-refractivity contribution in [1.82, 2.24) is 9.97 Å². The molecule has 1 aromatic heterocycles. The van der Waals surface area contributed by atoms with Crippen LogP contribution < -0.4 is 15.8 Å². The van der Waals surface area contributed by atoms with Crippen molar-refractivity contribution < 1.29 is 14.3 Å². The highest BCUT2D eigenvalue weighted by Crippen LogP contribution is 2.28. The number of anilines is 3. The van der Waals surface area contributed by atoms with Crippen molar-refractivity contribution in [3.63, 3.8) is 0 Å². The van der Waals surface area contributed by atoms with Crippen LogP contribution >= 0.6 is 0 Å². The number of carbonyl (C=O) groups is 1. The van der Waals surface area contributed by atoms with Crippen molar-refractivity contribution in [3.05, 3.63) is 36.2 Å². The number of para-hydroxylation sites is 1. The predicted octanol–water partition coefficient (Wildman–Crippen LogP) is 1.99. The van der Waals surface area contributed by atoms with Crippen molar-refractivity contribution in [2.24, 2.45) is 0 Å². The summed E-state index contributed by atoms with van der Waals surface area (Å²) < 4.78 is 10.0. The lowest BCUT2D eigenvalue weighted by Crippen LogP contribution is -2.08. The van der Waals surface area contributed by atoms with Crippen LogP contribution in [0.2, 0.25) is 0 Å². The highest BCUT2D eigenvalue weighted by molar-refractivity contribution is 5.96. The van der Waals surface area contributed by atoms with Gasteiger partial charge in [0.25, 0.3) is 0 Å². The molecule has 0 saturated heterocycles. The van der Waals surface area contributed by atoms with Gasteiger partial charge in [0.1, 0.15) is 12.0 Å². The van der Waals surface area contributed by atoms with Gasteiger partial charge in [0.05, 0.1) is 25.0 Å². The average Bonchev–Trinajstić information content (AvgIpc) is 2.51.